The first-order chi connectivity index (χ1) is 14.8. The molecule has 1 amide bonds. The van der Waals surface area contributed by atoms with Crippen molar-refractivity contribution in [3.8, 4) is 0 Å². The van der Waals surface area contributed by atoms with Gasteiger partial charge in [0.1, 0.15) is 0 Å². The van der Waals surface area contributed by atoms with E-state index in [1.54, 1.807) is 19.9 Å². The molecule has 0 aromatic heterocycles. The van der Waals surface area contributed by atoms with E-state index in [1.165, 1.54) is 30.5 Å². The quantitative estimate of drug-likeness (QED) is 0.655. The molecule has 1 heterocycles. The maximum Gasteiger partial charge on any atom is 0.251 e. The maximum absolute atomic E-state index is 12.7. The van der Waals surface area contributed by atoms with E-state index in [1.807, 2.05) is 12.1 Å². The first-order valence-corrected chi connectivity index (χ1v) is 12.5. The molecule has 2 N–H and O–H groups in total. The van der Waals surface area contributed by atoms with Crippen molar-refractivity contribution in [1.82, 2.24) is 14.9 Å². The third kappa shape index (κ3) is 6.38. The molecule has 0 saturated carbocycles. The summed E-state index contributed by atoms with van der Waals surface area (Å²) in [6, 6.07) is 12.9. The lowest BCUT2D eigenvalue weighted by Crippen LogP contribution is -2.32. The summed E-state index contributed by atoms with van der Waals surface area (Å²) in [6.07, 6.45) is 2.53. The van der Waals surface area contributed by atoms with Crippen LogP contribution in [0.25, 0.3) is 0 Å². The Balaban J connectivity index is 1.59. The SMILES string of the molecule is CCNS(=O)(=O)c1ccc(C)c(C(=O)NCc2ccc(CN3CCC(C)CC3)cc2)c1. The molecule has 1 fully saturated rings. The monoisotopic (exact) mass is 443 g/mol. The van der Waals surface area contributed by atoms with Gasteiger partial charge in [-0.05, 0) is 67.6 Å². The minimum Gasteiger partial charge on any atom is -0.348 e. The van der Waals surface area contributed by atoms with Gasteiger partial charge in [0.05, 0.1) is 4.90 Å². The van der Waals surface area contributed by atoms with Crippen molar-refractivity contribution in [3.05, 3.63) is 64.7 Å². The first-order valence-electron chi connectivity index (χ1n) is 11.0. The Kier molecular flexibility index (Phi) is 7.86. The number of nitrogens with one attached hydrogen (secondary N) is 2. The number of carbonyl (C=O) groups excluding carboxylic acids is 1. The lowest BCUT2D eigenvalue weighted by molar-refractivity contribution is 0.0950. The van der Waals surface area contributed by atoms with Crippen molar-refractivity contribution in [2.75, 3.05) is 19.6 Å². The number of piperidine rings is 1. The van der Waals surface area contributed by atoms with Crippen LogP contribution in [-0.4, -0.2) is 38.9 Å². The molecule has 2 aromatic rings. The van der Waals surface area contributed by atoms with E-state index in [0.717, 1.165) is 36.7 Å². The van der Waals surface area contributed by atoms with Gasteiger partial charge in [-0.1, -0.05) is 44.2 Å². The van der Waals surface area contributed by atoms with Crippen LogP contribution >= 0.6 is 0 Å². The minimum atomic E-state index is -3.60. The van der Waals surface area contributed by atoms with Gasteiger partial charge < -0.3 is 5.32 Å². The van der Waals surface area contributed by atoms with Crippen LogP contribution in [0.4, 0.5) is 0 Å². The van der Waals surface area contributed by atoms with Crippen molar-refractivity contribution < 1.29 is 13.2 Å². The molecule has 0 unspecified atom stereocenters. The molecule has 1 aliphatic heterocycles. The van der Waals surface area contributed by atoms with Crippen LogP contribution in [0, 0.1) is 12.8 Å². The van der Waals surface area contributed by atoms with Crippen molar-refractivity contribution in [3.63, 3.8) is 0 Å². The van der Waals surface area contributed by atoms with Crippen molar-refractivity contribution in [2.24, 2.45) is 5.92 Å². The van der Waals surface area contributed by atoms with Gasteiger partial charge in [-0.2, -0.15) is 0 Å². The van der Waals surface area contributed by atoms with Crippen LogP contribution in [0.2, 0.25) is 0 Å². The summed E-state index contributed by atoms with van der Waals surface area (Å²) in [6.45, 7) is 9.80. The molecule has 6 nitrogen and oxygen atoms in total. The molecule has 0 spiro atoms. The summed E-state index contributed by atoms with van der Waals surface area (Å²) in [4.78, 5) is 15.3. The van der Waals surface area contributed by atoms with Crippen molar-refractivity contribution >= 4 is 15.9 Å². The Hall–Kier alpha value is -2.22. The number of hydrogen-bond acceptors (Lipinski definition) is 4. The van der Waals surface area contributed by atoms with Gasteiger partial charge in [-0.15, -0.1) is 0 Å². The minimum absolute atomic E-state index is 0.0987. The number of nitrogens with zero attached hydrogens (tertiary/aromatic N) is 1. The normalized spacial score (nSPS) is 15.7. The lowest BCUT2D eigenvalue weighted by atomic mass is 9.99. The van der Waals surface area contributed by atoms with Gasteiger partial charge in [0, 0.05) is 25.2 Å². The fourth-order valence-electron chi connectivity index (χ4n) is 3.80. The highest BCUT2D eigenvalue weighted by Crippen LogP contribution is 2.19. The topological polar surface area (TPSA) is 78.5 Å². The van der Waals surface area contributed by atoms with Gasteiger partial charge in [0.2, 0.25) is 10.0 Å². The number of carbonyl (C=O) groups is 1. The maximum atomic E-state index is 12.7. The molecule has 1 saturated heterocycles. The molecular formula is C24H33N3O3S. The summed E-state index contributed by atoms with van der Waals surface area (Å²) >= 11 is 0. The highest BCUT2D eigenvalue weighted by molar-refractivity contribution is 7.89. The Morgan fingerprint density at radius 1 is 1.06 bits per heavy atom. The number of aryl methyl sites for hydroxylation is 1. The van der Waals surface area contributed by atoms with Crippen molar-refractivity contribution in [2.45, 2.75) is 51.6 Å². The largest absolute Gasteiger partial charge is 0.348 e. The number of benzene rings is 2. The zero-order valence-corrected chi connectivity index (χ0v) is 19.5. The number of amides is 1. The van der Waals surface area contributed by atoms with Crippen LogP contribution in [0.5, 0.6) is 0 Å². The van der Waals surface area contributed by atoms with Crippen LogP contribution in [-0.2, 0) is 23.1 Å². The summed E-state index contributed by atoms with van der Waals surface area (Å²) in [5.74, 6) is 0.548. The second-order valence-electron chi connectivity index (χ2n) is 8.44. The average molecular weight is 444 g/mol. The van der Waals surface area contributed by atoms with Crippen LogP contribution in [0.15, 0.2) is 47.4 Å². The predicted octanol–water partition coefficient (Wildman–Crippen LogP) is 3.46. The molecule has 0 bridgehead atoms. The van der Waals surface area contributed by atoms with Gasteiger partial charge in [0.25, 0.3) is 5.91 Å². The zero-order valence-electron chi connectivity index (χ0n) is 18.6. The van der Waals surface area contributed by atoms with E-state index in [2.05, 4.69) is 34.0 Å². The van der Waals surface area contributed by atoms with Crippen LogP contribution in [0.3, 0.4) is 0 Å². The number of hydrogen-bond donors (Lipinski definition) is 2. The molecule has 1 aliphatic rings. The second-order valence-corrected chi connectivity index (χ2v) is 10.2. The average Bonchev–Trinajstić information content (AvgIpc) is 2.75. The van der Waals surface area contributed by atoms with Gasteiger partial charge in [-0.25, -0.2) is 13.1 Å². The predicted molar refractivity (Wildman–Crippen MR) is 123 cm³/mol. The Bertz CT molecular complexity index is 995. The fraction of sp³-hybridized carbons (Fsp3) is 0.458. The smallest absolute Gasteiger partial charge is 0.251 e. The summed E-state index contributed by atoms with van der Waals surface area (Å²) in [5, 5.41) is 2.91. The standard InChI is InChI=1S/C24H33N3O3S/c1-4-26-31(29,30)22-10-5-19(3)23(15-22)24(28)25-16-20-6-8-21(9-7-20)17-27-13-11-18(2)12-14-27/h5-10,15,18,26H,4,11-14,16-17H2,1-3H3,(H,25,28). The summed E-state index contributed by atoms with van der Waals surface area (Å²) in [5.41, 5.74) is 3.40. The highest BCUT2D eigenvalue weighted by Gasteiger charge is 2.18. The van der Waals surface area contributed by atoms with Gasteiger partial charge in [-0.3, -0.25) is 9.69 Å². The van der Waals surface area contributed by atoms with E-state index in [4.69, 9.17) is 0 Å². The summed E-state index contributed by atoms with van der Waals surface area (Å²) in [7, 11) is -3.60. The Morgan fingerprint density at radius 3 is 2.35 bits per heavy atom. The van der Waals surface area contributed by atoms with Gasteiger partial charge >= 0.3 is 0 Å². The third-order valence-electron chi connectivity index (χ3n) is 5.86. The molecule has 0 atom stereocenters. The van der Waals surface area contributed by atoms with Gasteiger partial charge in [0.15, 0.2) is 0 Å². The third-order valence-corrected chi connectivity index (χ3v) is 7.40. The molecule has 3 rings (SSSR count). The molecule has 7 heteroatoms. The summed E-state index contributed by atoms with van der Waals surface area (Å²) < 4.78 is 26.9. The van der Waals surface area contributed by atoms with Crippen molar-refractivity contribution in [1.29, 1.82) is 0 Å². The first kappa shape index (κ1) is 23.4. The highest BCUT2D eigenvalue weighted by atomic mass is 32.2. The van der Waals surface area contributed by atoms with E-state index < -0.39 is 10.0 Å². The van der Waals surface area contributed by atoms with E-state index >= 15 is 0 Å². The molecular weight excluding hydrogens is 410 g/mol. The molecule has 168 valence electrons. The van der Waals surface area contributed by atoms with E-state index in [0.29, 0.717) is 18.7 Å². The van der Waals surface area contributed by atoms with E-state index in [9.17, 15) is 13.2 Å². The molecule has 2 aromatic carbocycles. The van der Waals surface area contributed by atoms with Crippen LogP contribution in [0.1, 0.15) is 53.7 Å². The molecule has 0 radical (unpaired) electrons. The van der Waals surface area contributed by atoms with E-state index in [-0.39, 0.29) is 10.8 Å². The Labute approximate surface area is 186 Å². The molecule has 31 heavy (non-hydrogen) atoms. The Morgan fingerprint density at radius 2 is 1.71 bits per heavy atom. The van der Waals surface area contributed by atoms with Crippen LogP contribution < -0.4 is 10.0 Å². The number of likely N-dealkylation sites (tertiary alicyclic amines) is 1. The zero-order chi connectivity index (χ0) is 22.4. The molecule has 0 aliphatic carbocycles. The number of sulfonamides is 1. The lowest BCUT2D eigenvalue weighted by Gasteiger charge is -2.30. The fourth-order valence-corrected chi connectivity index (χ4v) is 4.87. The second kappa shape index (κ2) is 10.4. The number of rotatable bonds is 8.